The Balaban J connectivity index is 1.79. The van der Waals surface area contributed by atoms with Crippen LogP contribution in [0.4, 0.5) is 20.2 Å². The number of benzene rings is 3. The van der Waals surface area contributed by atoms with E-state index in [-0.39, 0.29) is 10.5 Å². The standard InChI is InChI=1S/C26H26F2N4O3S/c1-32(2)16-17-8-10-19(11-9-17)30-25(18-6-4-3-5-7-18)24-21-14-20(12-13-22(21)31-26(24)33)36(34,35)29-15-23(27)28/h3-14,23,29-30H,15-16H2,1-2H3,(H,31,33)/b25-24-. The van der Waals surface area contributed by atoms with Gasteiger partial charge in [0.05, 0.1) is 22.7 Å². The van der Waals surface area contributed by atoms with Crippen LogP contribution < -0.4 is 15.4 Å². The Morgan fingerprint density at radius 1 is 1.00 bits per heavy atom. The van der Waals surface area contributed by atoms with Crippen molar-refractivity contribution in [3.8, 4) is 0 Å². The number of fused-ring (bicyclic) bond motifs is 1. The minimum Gasteiger partial charge on any atom is -0.354 e. The molecule has 1 aliphatic rings. The molecule has 3 aromatic rings. The van der Waals surface area contributed by atoms with Crippen molar-refractivity contribution in [3.05, 3.63) is 89.5 Å². The normalized spacial score (nSPS) is 14.7. The first-order valence-electron chi connectivity index (χ1n) is 11.2. The SMILES string of the molecule is CN(C)Cc1ccc(N/C(=C2\C(=O)Nc3ccc(S(=O)(=O)NCC(F)F)cc32)c2ccccc2)cc1. The highest BCUT2D eigenvalue weighted by molar-refractivity contribution is 7.89. The second-order valence-corrected chi connectivity index (χ2v) is 10.3. The summed E-state index contributed by atoms with van der Waals surface area (Å²) >= 11 is 0. The summed E-state index contributed by atoms with van der Waals surface area (Å²) < 4.78 is 52.3. The summed E-state index contributed by atoms with van der Waals surface area (Å²) in [6.07, 6.45) is -2.83. The molecule has 4 rings (SSSR count). The van der Waals surface area contributed by atoms with Crippen LogP contribution in [-0.4, -0.2) is 46.3 Å². The highest BCUT2D eigenvalue weighted by Crippen LogP contribution is 2.38. The number of hydrogen-bond acceptors (Lipinski definition) is 5. The van der Waals surface area contributed by atoms with E-state index < -0.39 is 28.9 Å². The Morgan fingerprint density at radius 3 is 2.33 bits per heavy atom. The van der Waals surface area contributed by atoms with Crippen LogP contribution in [0.25, 0.3) is 11.3 Å². The average molecular weight is 513 g/mol. The lowest BCUT2D eigenvalue weighted by Crippen LogP contribution is -2.28. The molecule has 0 saturated carbocycles. The summed E-state index contributed by atoms with van der Waals surface area (Å²) in [7, 11) is -0.230. The summed E-state index contributed by atoms with van der Waals surface area (Å²) in [4.78, 5) is 15.0. The van der Waals surface area contributed by atoms with E-state index in [1.54, 1.807) is 0 Å². The number of anilines is 2. The summed E-state index contributed by atoms with van der Waals surface area (Å²) in [6.45, 7) is -0.223. The van der Waals surface area contributed by atoms with E-state index in [2.05, 4.69) is 15.5 Å². The zero-order valence-corrected chi connectivity index (χ0v) is 20.6. The van der Waals surface area contributed by atoms with E-state index in [1.165, 1.54) is 18.2 Å². The summed E-state index contributed by atoms with van der Waals surface area (Å²) in [6, 6.07) is 21.0. The van der Waals surface area contributed by atoms with Gasteiger partial charge in [-0.15, -0.1) is 0 Å². The van der Waals surface area contributed by atoms with Gasteiger partial charge in [-0.05, 0) is 55.6 Å². The molecule has 188 valence electrons. The second kappa shape index (κ2) is 10.6. The quantitative estimate of drug-likeness (QED) is 0.374. The Hall–Kier alpha value is -3.60. The summed E-state index contributed by atoms with van der Waals surface area (Å²) in [5.41, 5.74) is 4.11. The second-order valence-electron chi connectivity index (χ2n) is 8.58. The Labute approximate surface area is 208 Å². The maximum Gasteiger partial charge on any atom is 0.258 e. The van der Waals surface area contributed by atoms with Gasteiger partial charge in [0.2, 0.25) is 10.0 Å². The fourth-order valence-corrected chi connectivity index (χ4v) is 4.94. The minimum absolute atomic E-state index is 0.212. The molecule has 36 heavy (non-hydrogen) atoms. The maximum atomic E-state index is 13.1. The van der Waals surface area contributed by atoms with Crippen LogP contribution in [0.1, 0.15) is 16.7 Å². The molecule has 0 aliphatic carbocycles. The minimum atomic E-state index is -4.20. The van der Waals surface area contributed by atoms with Gasteiger partial charge in [0.1, 0.15) is 0 Å². The molecule has 0 aromatic heterocycles. The Bertz CT molecular complexity index is 1390. The van der Waals surface area contributed by atoms with Crippen LogP contribution >= 0.6 is 0 Å². The van der Waals surface area contributed by atoms with E-state index >= 15 is 0 Å². The molecule has 0 unspecified atom stereocenters. The maximum absolute atomic E-state index is 13.1. The molecule has 0 atom stereocenters. The fourth-order valence-electron chi connectivity index (χ4n) is 3.90. The number of alkyl halides is 2. The van der Waals surface area contributed by atoms with Gasteiger partial charge in [-0.1, -0.05) is 42.5 Å². The molecule has 1 amide bonds. The zero-order chi connectivity index (χ0) is 25.9. The van der Waals surface area contributed by atoms with Crippen LogP contribution in [-0.2, 0) is 21.4 Å². The highest BCUT2D eigenvalue weighted by Gasteiger charge is 2.30. The third-order valence-corrected chi connectivity index (χ3v) is 6.93. The molecule has 0 saturated heterocycles. The van der Waals surface area contributed by atoms with E-state index in [1.807, 2.05) is 73.4 Å². The van der Waals surface area contributed by atoms with E-state index in [0.717, 1.165) is 23.4 Å². The van der Waals surface area contributed by atoms with Crippen LogP contribution in [0.2, 0.25) is 0 Å². The van der Waals surface area contributed by atoms with Crippen molar-refractivity contribution in [1.82, 2.24) is 9.62 Å². The molecule has 7 nitrogen and oxygen atoms in total. The van der Waals surface area contributed by atoms with Crippen LogP contribution in [0.5, 0.6) is 0 Å². The number of rotatable bonds is 9. The Morgan fingerprint density at radius 2 is 1.69 bits per heavy atom. The number of amides is 1. The van der Waals surface area contributed by atoms with Gasteiger partial charge in [-0.3, -0.25) is 4.79 Å². The molecule has 0 spiro atoms. The van der Waals surface area contributed by atoms with Crippen LogP contribution in [0.15, 0.2) is 77.7 Å². The van der Waals surface area contributed by atoms with Crippen molar-refractivity contribution in [3.63, 3.8) is 0 Å². The molecule has 3 aromatic carbocycles. The first-order chi connectivity index (χ1) is 17.1. The summed E-state index contributed by atoms with van der Waals surface area (Å²) in [5.74, 6) is -0.407. The lowest BCUT2D eigenvalue weighted by Gasteiger charge is -2.16. The molecule has 0 fully saturated rings. The highest BCUT2D eigenvalue weighted by atomic mass is 32.2. The fraction of sp³-hybridized carbons (Fsp3) is 0.192. The van der Waals surface area contributed by atoms with Crippen molar-refractivity contribution in [2.75, 3.05) is 31.3 Å². The molecular weight excluding hydrogens is 486 g/mol. The molecule has 1 aliphatic heterocycles. The average Bonchev–Trinajstić information content (AvgIpc) is 3.17. The predicted octanol–water partition coefficient (Wildman–Crippen LogP) is 4.22. The molecule has 0 bridgehead atoms. The largest absolute Gasteiger partial charge is 0.354 e. The molecule has 1 heterocycles. The number of nitrogens with zero attached hydrogens (tertiary/aromatic N) is 1. The van der Waals surface area contributed by atoms with Gasteiger partial charge in [-0.2, -0.15) is 0 Å². The lowest BCUT2D eigenvalue weighted by molar-refractivity contribution is -0.110. The van der Waals surface area contributed by atoms with Gasteiger partial charge in [-0.25, -0.2) is 21.9 Å². The van der Waals surface area contributed by atoms with Gasteiger partial charge in [0.15, 0.2) is 0 Å². The van der Waals surface area contributed by atoms with E-state index in [4.69, 9.17) is 0 Å². The zero-order valence-electron chi connectivity index (χ0n) is 19.8. The van der Waals surface area contributed by atoms with Gasteiger partial charge >= 0.3 is 0 Å². The monoisotopic (exact) mass is 512 g/mol. The third-order valence-electron chi connectivity index (χ3n) is 5.51. The number of hydrogen-bond donors (Lipinski definition) is 3. The Kier molecular flexibility index (Phi) is 7.48. The van der Waals surface area contributed by atoms with Crippen LogP contribution in [0, 0.1) is 0 Å². The number of sulfonamides is 1. The van der Waals surface area contributed by atoms with Crippen molar-refractivity contribution in [1.29, 1.82) is 0 Å². The van der Waals surface area contributed by atoms with Crippen LogP contribution in [0.3, 0.4) is 0 Å². The number of nitrogens with one attached hydrogen (secondary N) is 3. The number of halogens is 2. The first kappa shape index (κ1) is 25.5. The van der Waals surface area contributed by atoms with Gasteiger partial charge < -0.3 is 15.5 Å². The molecule has 10 heteroatoms. The number of carbonyl (C=O) groups is 1. The predicted molar refractivity (Wildman–Crippen MR) is 137 cm³/mol. The van der Waals surface area contributed by atoms with Crippen molar-refractivity contribution < 1.29 is 22.0 Å². The molecule has 0 radical (unpaired) electrons. The molecule has 3 N–H and O–H groups in total. The van der Waals surface area contributed by atoms with E-state index in [9.17, 15) is 22.0 Å². The van der Waals surface area contributed by atoms with E-state index in [0.29, 0.717) is 16.9 Å². The van der Waals surface area contributed by atoms with Gasteiger partial charge in [0.25, 0.3) is 12.3 Å². The lowest BCUT2D eigenvalue weighted by atomic mass is 10.00. The number of carbonyl (C=O) groups excluding carboxylic acids is 1. The topological polar surface area (TPSA) is 90.5 Å². The summed E-state index contributed by atoms with van der Waals surface area (Å²) in [5, 5.41) is 6.09. The first-order valence-corrected chi connectivity index (χ1v) is 12.7. The van der Waals surface area contributed by atoms with Gasteiger partial charge in [0, 0.05) is 23.5 Å². The third kappa shape index (κ3) is 5.78. The van der Waals surface area contributed by atoms with Crippen molar-refractivity contribution in [2.45, 2.75) is 17.9 Å². The smallest absolute Gasteiger partial charge is 0.258 e. The molecular formula is C26H26F2N4O3S. The van der Waals surface area contributed by atoms with Crippen molar-refractivity contribution in [2.24, 2.45) is 0 Å². The van der Waals surface area contributed by atoms with Crippen molar-refractivity contribution >= 4 is 38.6 Å².